The molecular weight excluding hydrogens is 298 g/mol. The van der Waals surface area contributed by atoms with Crippen LogP contribution in [0.4, 0.5) is 0 Å². The number of rotatable bonds is 4. The molecule has 0 aromatic heterocycles. The summed E-state index contributed by atoms with van der Waals surface area (Å²) in [4.78, 5) is 14.7. The van der Waals surface area contributed by atoms with E-state index in [4.69, 9.17) is 0 Å². The molecule has 24 heavy (non-hydrogen) atoms. The molecule has 1 amide bonds. The van der Waals surface area contributed by atoms with E-state index < -0.39 is 0 Å². The molecular formula is C21H25NO2. The van der Waals surface area contributed by atoms with Crippen LogP contribution in [0.3, 0.4) is 0 Å². The average Bonchev–Trinajstić information content (AvgIpc) is 2.61. The van der Waals surface area contributed by atoms with Gasteiger partial charge in [0.25, 0.3) is 0 Å². The molecule has 1 aliphatic heterocycles. The van der Waals surface area contributed by atoms with Crippen LogP contribution in [0.25, 0.3) is 0 Å². The summed E-state index contributed by atoms with van der Waals surface area (Å²) in [5.41, 5.74) is 3.61. The molecule has 1 saturated heterocycles. The van der Waals surface area contributed by atoms with Crippen LogP contribution in [0.15, 0.2) is 54.6 Å². The van der Waals surface area contributed by atoms with Gasteiger partial charge in [-0.3, -0.25) is 4.79 Å². The Morgan fingerprint density at radius 1 is 1.08 bits per heavy atom. The first-order valence-electron chi connectivity index (χ1n) is 8.71. The van der Waals surface area contributed by atoms with Gasteiger partial charge in [-0.1, -0.05) is 54.6 Å². The van der Waals surface area contributed by atoms with E-state index in [9.17, 15) is 9.90 Å². The molecule has 126 valence electrons. The third-order valence-corrected chi connectivity index (χ3v) is 4.96. The third-order valence-electron chi connectivity index (χ3n) is 4.96. The molecule has 0 bridgehead atoms. The highest BCUT2D eigenvalue weighted by atomic mass is 16.3. The molecule has 0 radical (unpaired) electrons. The van der Waals surface area contributed by atoms with Crippen LogP contribution in [-0.2, 0) is 4.79 Å². The number of piperidine rings is 1. The zero-order chi connectivity index (χ0) is 16.9. The lowest BCUT2D eigenvalue weighted by atomic mass is 9.85. The minimum absolute atomic E-state index is 0.0757. The summed E-state index contributed by atoms with van der Waals surface area (Å²) in [6.07, 6.45) is 1.60. The number of hydrogen-bond donors (Lipinski definition) is 1. The maximum Gasteiger partial charge on any atom is 0.223 e. The second-order valence-electron chi connectivity index (χ2n) is 6.64. The second-order valence-corrected chi connectivity index (χ2v) is 6.64. The van der Waals surface area contributed by atoms with Crippen molar-refractivity contribution in [2.45, 2.75) is 38.2 Å². The normalized spacial score (nSPS) is 16.8. The summed E-state index contributed by atoms with van der Waals surface area (Å²) in [5, 5.41) is 9.65. The fourth-order valence-corrected chi connectivity index (χ4v) is 3.49. The number of likely N-dealkylation sites (tertiary alicyclic amines) is 1. The van der Waals surface area contributed by atoms with E-state index in [0.717, 1.165) is 0 Å². The summed E-state index contributed by atoms with van der Waals surface area (Å²) in [6, 6.07) is 18.6. The van der Waals surface area contributed by atoms with E-state index in [1.54, 1.807) is 0 Å². The van der Waals surface area contributed by atoms with Gasteiger partial charge >= 0.3 is 0 Å². The molecule has 3 nitrogen and oxygen atoms in total. The number of aryl methyl sites for hydroxylation is 1. The Morgan fingerprint density at radius 2 is 1.71 bits per heavy atom. The van der Waals surface area contributed by atoms with Gasteiger partial charge < -0.3 is 10.0 Å². The monoisotopic (exact) mass is 323 g/mol. The summed E-state index contributed by atoms with van der Waals surface area (Å²) in [5.74, 6) is 0.255. The summed E-state index contributed by atoms with van der Waals surface area (Å²) in [6.45, 7) is 3.43. The molecule has 0 unspecified atom stereocenters. The van der Waals surface area contributed by atoms with Crippen LogP contribution in [0, 0.1) is 6.92 Å². The zero-order valence-electron chi connectivity index (χ0n) is 14.2. The second kappa shape index (κ2) is 7.63. The quantitative estimate of drug-likeness (QED) is 0.935. The summed E-state index contributed by atoms with van der Waals surface area (Å²) < 4.78 is 0. The molecule has 3 heteroatoms. The van der Waals surface area contributed by atoms with Crippen LogP contribution in [0.1, 0.15) is 41.9 Å². The Labute approximate surface area is 143 Å². The molecule has 0 aliphatic carbocycles. The van der Waals surface area contributed by atoms with Crippen molar-refractivity contribution in [2.75, 3.05) is 13.1 Å². The molecule has 2 aromatic carbocycles. The predicted octanol–water partition coefficient (Wildman–Crippen LogP) is 3.50. The van der Waals surface area contributed by atoms with Crippen molar-refractivity contribution in [3.05, 3.63) is 71.3 Å². The van der Waals surface area contributed by atoms with Gasteiger partial charge in [0, 0.05) is 25.4 Å². The van der Waals surface area contributed by atoms with Gasteiger partial charge in [-0.25, -0.2) is 0 Å². The van der Waals surface area contributed by atoms with Gasteiger partial charge in [-0.2, -0.15) is 0 Å². The predicted molar refractivity (Wildman–Crippen MR) is 95.9 cm³/mol. The van der Waals surface area contributed by atoms with Crippen molar-refractivity contribution in [1.82, 2.24) is 4.90 Å². The Bertz CT molecular complexity index is 675. The number of aliphatic hydroxyl groups excluding tert-OH is 1. The highest BCUT2D eigenvalue weighted by Crippen LogP contribution is 2.31. The van der Waals surface area contributed by atoms with Crippen molar-refractivity contribution in [2.24, 2.45) is 0 Å². The highest BCUT2D eigenvalue weighted by Gasteiger charge is 2.25. The lowest BCUT2D eigenvalue weighted by Crippen LogP contribution is -2.40. The minimum atomic E-state index is -0.254. The maximum absolute atomic E-state index is 12.8. The van der Waals surface area contributed by atoms with E-state index in [0.29, 0.717) is 32.4 Å². The van der Waals surface area contributed by atoms with Crippen molar-refractivity contribution >= 4 is 5.91 Å². The number of aliphatic hydroxyl groups is 1. The van der Waals surface area contributed by atoms with Gasteiger partial charge in [-0.05, 0) is 36.5 Å². The Balaban J connectivity index is 1.83. The average molecular weight is 323 g/mol. The first-order chi connectivity index (χ1) is 11.6. The van der Waals surface area contributed by atoms with Gasteiger partial charge in [0.1, 0.15) is 0 Å². The molecule has 1 heterocycles. The van der Waals surface area contributed by atoms with Crippen molar-refractivity contribution in [1.29, 1.82) is 0 Å². The van der Waals surface area contributed by atoms with Gasteiger partial charge in [0.2, 0.25) is 5.91 Å². The highest BCUT2D eigenvalue weighted by molar-refractivity contribution is 5.78. The first kappa shape index (κ1) is 16.7. The number of carbonyl (C=O) groups excluding carboxylic acids is 1. The van der Waals surface area contributed by atoms with Crippen LogP contribution in [0.5, 0.6) is 0 Å². The Morgan fingerprint density at radius 3 is 2.38 bits per heavy atom. The molecule has 2 aromatic rings. The van der Waals surface area contributed by atoms with Gasteiger partial charge in [0.05, 0.1) is 6.10 Å². The van der Waals surface area contributed by atoms with Crippen LogP contribution >= 0.6 is 0 Å². The number of hydrogen-bond acceptors (Lipinski definition) is 2. The first-order valence-corrected chi connectivity index (χ1v) is 8.71. The maximum atomic E-state index is 12.8. The Hall–Kier alpha value is -2.13. The van der Waals surface area contributed by atoms with Crippen LogP contribution < -0.4 is 0 Å². The lowest BCUT2D eigenvalue weighted by Gasteiger charge is -2.31. The molecule has 0 spiro atoms. The van der Waals surface area contributed by atoms with Gasteiger partial charge in [-0.15, -0.1) is 0 Å². The summed E-state index contributed by atoms with van der Waals surface area (Å²) >= 11 is 0. The minimum Gasteiger partial charge on any atom is -0.393 e. The zero-order valence-corrected chi connectivity index (χ0v) is 14.2. The van der Waals surface area contributed by atoms with E-state index in [-0.39, 0.29) is 17.9 Å². The number of benzene rings is 2. The molecule has 3 rings (SSSR count). The fourth-order valence-electron chi connectivity index (χ4n) is 3.49. The van der Waals surface area contributed by atoms with Crippen molar-refractivity contribution < 1.29 is 9.90 Å². The van der Waals surface area contributed by atoms with E-state index in [1.807, 2.05) is 35.2 Å². The van der Waals surface area contributed by atoms with Crippen molar-refractivity contribution in [3.63, 3.8) is 0 Å². The molecule has 0 saturated carbocycles. The molecule has 1 atom stereocenters. The van der Waals surface area contributed by atoms with E-state index >= 15 is 0 Å². The number of nitrogens with zero attached hydrogens (tertiary/aromatic N) is 1. The smallest absolute Gasteiger partial charge is 0.223 e. The van der Waals surface area contributed by atoms with Gasteiger partial charge in [0.15, 0.2) is 0 Å². The topological polar surface area (TPSA) is 40.5 Å². The molecule has 1 aliphatic rings. The number of amides is 1. The lowest BCUT2D eigenvalue weighted by molar-refractivity contribution is -0.133. The molecule has 1 fully saturated rings. The third kappa shape index (κ3) is 3.85. The standard InChI is InChI=1S/C21H25NO2/c1-16-7-5-6-10-19(16)20(17-8-3-2-4-9-17)15-21(24)22-13-11-18(23)12-14-22/h2-10,18,20,23H,11-15H2,1H3/t20-/m1/s1. The van der Waals surface area contributed by atoms with E-state index in [1.165, 1.54) is 16.7 Å². The number of carbonyl (C=O) groups is 1. The van der Waals surface area contributed by atoms with Crippen molar-refractivity contribution in [3.8, 4) is 0 Å². The van der Waals surface area contributed by atoms with Crippen LogP contribution in [0.2, 0.25) is 0 Å². The summed E-state index contributed by atoms with van der Waals surface area (Å²) in [7, 11) is 0. The Kier molecular flexibility index (Phi) is 5.31. The van der Waals surface area contributed by atoms with Crippen LogP contribution in [-0.4, -0.2) is 35.1 Å². The molecule has 1 N–H and O–H groups in total. The largest absolute Gasteiger partial charge is 0.393 e. The fraction of sp³-hybridized carbons (Fsp3) is 0.381. The van der Waals surface area contributed by atoms with E-state index in [2.05, 4.69) is 31.2 Å². The SMILES string of the molecule is Cc1ccccc1[C@H](CC(=O)N1CCC(O)CC1)c1ccccc1.